The number of cyclic esters (lactones) is 1. The van der Waals surface area contributed by atoms with Crippen LogP contribution in [0.15, 0.2) is 18.2 Å². The summed E-state index contributed by atoms with van der Waals surface area (Å²) in [5.74, 6) is -0.887. The van der Waals surface area contributed by atoms with E-state index >= 15 is 0 Å². The lowest BCUT2D eigenvalue weighted by molar-refractivity contribution is -0.119. The summed E-state index contributed by atoms with van der Waals surface area (Å²) in [6, 6.07) is 4.27. The molecule has 2 amide bonds. The van der Waals surface area contributed by atoms with E-state index in [9.17, 15) is 18.8 Å². The molecule has 0 aromatic heterocycles. The molecule has 22 heavy (non-hydrogen) atoms. The van der Waals surface area contributed by atoms with Crippen molar-refractivity contribution in [2.75, 3.05) is 18.0 Å². The minimum absolute atomic E-state index is 0.0156. The molecule has 0 aliphatic carbocycles. The Kier molecular flexibility index (Phi) is 4.75. The van der Waals surface area contributed by atoms with Gasteiger partial charge in [0.2, 0.25) is 5.91 Å². The zero-order valence-electron chi connectivity index (χ0n) is 12.4. The molecule has 1 aliphatic rings. The highest BCUT2D eigenvalue weighted by Crippen LogP contribution is 2.24. The van der Waals surface area contributed by atoms with E-state index in [0.717, 1.165) is 0 Å². The smallest absolute Gasteiger partial charge is 0.414 e. The van der Waals surface area contributed by atoms with E-state index in [0.29, 0.717) is 11.3 Å². The second kappa shape index (κ2) is 6.55. The molecule has 7 heteroatoms. The van der Waals surface area contributed by atoms with Gasteiger partial charge in [-0.3, -0.25) is 14.5 Å². The maximum absolute atomic E-state index is 14.0. The van der Waals surface area contributed by atoms with Gasteiger partial charge in [0.25, 0.3) is 0 Å². The predicted octanol–water partition coefficient (Wildman–Crippen LogP) is 1.42. The van der Waals surface area contributed by atoms with Crippen molar-refractivity contribution in [3.05, 3.63) is 29.6 Å². The first kappa shape index (κ1) is 15.9. The van der Waals surface area contributed by atoms with Crippen LogP contribution in [0.5, 0.6) is 0 Å². The molecule has 1 fully saturated rings. The highest BCUT2D eigenvalue weighted by molar-refractivity contribution is 5.90. The van der Waals surface area contributed by atoms with E-state index in [4.69, 9.17) is 4.74 Å². The number of ketones is 1. The second-order valence-corrected chi connectivity index (χ2v) is 5.21. The Morgan fingerprint density at radius 2 is 2.14 bits per heavy atom. The molecule has 0 unspecified atom stereocenters. The van der Waals surface area contributed by atoms with Crippen LogP contribution in [0.3, 0.4) is 0 Å². The average molecular weight is 308 g/mol. The van der Waals surface area contributed by atoms with E-state index in [1.54, 1.807) is 6.07 Å². The number of amides is 2. The maximum Gasteiger partial charge on any atom is 0.414 e. The van der Waals surface area contributed by atoms with E-state index < -0.39 is 18.0 Å². The SMILES string of the molecule is CC(=O)Cc1ccc(N2C[C@H](CNC(C)=O)OC2=O)cc1F. The molecule has 1 heterocycles. The number of nitrogens with zero attached hydrogens (tertiary/aromatic N) is 1. The highest BCUT2D eigenvalue weighted by atomic mass is 19.1. The molecule has 0 bridgehead atoms. The fraction of sp³-hybridized carbons (Fsp3) is 0.400. The number of hydrogen-bond donors (Lipinski definition) is 1. The molecule has 1 saturated heterocycles. The molecular weight excluding hydrogens is 291 g/mol. The van der Waals surface area contributed by atoms with Crippen LogP contribution in [0.2, 0.25) is 0 Å². The standard InChI is InChI=1S/C15H17FN2O4/c1-9(19)5-11-3-4-12(6-14(11)16)18-8-13(22-15(18)21)7-17-10(2)20/h3-4,6,13H,5,7-8H2,1-2H3,(H,17,20)/t13-/m0/s1. The van der Waals surface area contributed by atoms with Crippen molar-refractivity contribution < 1.29 is 23.5 Å². The number of hydrogen-bond acceptors (Lipinski definition) is 4. The molecule has 0 saturated carbocycles. The zero-order chi connectivity index (χ0) is 16.3. The van der Waals surface area contributed by atoms with Crippen molar-refractivity contribution in [1.82, 2.24) is 5.32 Å². The molecule has 0 radical (unpaired) electrons. The van der Waals surface area contributed by atoms with E-state index in [-0.39, 0.29) is 31.2 Å². The van der Waals surface area contributed by atoms with Gasteiger partial charge in [-0.05, 0) is 24.6 Å². The third kappa shape index (κ3) is 3.81. The highest BCUT2D eigenvalue weighted by Gasteiger charge is 2.32. The van der Waals surface area contributed by atoms with Crippen molar-refractivity contribution in [3.63, 3.8) is 0 Å². The fourth-order valence-electron chi connectivity index (χ4n) is 2.21. The van der Waals surface area contributed by atoms with Gasteiger partial charge in [0.1, 0.15) is 17.7 Å². The van der Waals surface area contributed by atoms with Crippen molar-refractivity contribution in [2.45, 2.75) is 26.4 Å². The quantitative estimate of drug-likeness (QED) is 0.892. The van der Waals surface area contributed by atoms with Gasteiger partial charge in [-0.1, -0.05) is 6.07 Å². The second-order valence-electron chi connectivity index (χ2n) is 5.21. The van der Waals surface area contributed by atoms with Crippen LogP contribution in [0, 0.1) is 5.82 Å². The predicted molar refractivity (Wildman–Crippen MR) is 77.1 cm³/mol. The van der Waals surface area contributed by atoms with Crippen LogP contribution in [0.25, 0.3) is 0 Å². The normalized spacial score (nSPS) is 17.3. The van der Waals surface area contributed by atoms with Crippen LogP contribution >= 0.6 is 0 Å². The summed E-state index contributed by atoms with van der Waals surface area (Å²) in [6.45, 7) is 3.20. The summed E-state index contributed by atoms with van der Waals surface area (Å²) in [4.78, 5) is 35.0. The van der Waals surface area contributed by atoms with Crippen LogP contribution in [-0.2, 0) is 20.7 Å². The summed E-state index contributed by atoms with van der Waals surface area (Å²) < 4.78 is 19.1. The lowest BCUT2D eigenvalue weighted by atomic mass is 10.1. The number of halogens is 1. The number of Topliss-reactive ketones (excluding diaryl/α,β-unsaturated/α-hetero) is 1. The molecule has 6 nitrogen and oxygen atoms in total. The molecule has 0 spiro atoms. The van der Waals surface area contributed by atoms with Crippen LogP contribution in [-0.4, -0.2) is 37.0 Å². The Hall–Kier alpha value is -2.44. The average Bonchev–Trinajstić information content (AvgIpc) is 2.79. The Bertz CT molecular complexity index is 618. The number of anilines is 1. The Labute approximate surface area is 127 Å². The molecule has 2 rings (SSSR count). The fourth-order valence-corrected chi connectivity index (χ4v) is 2.21. The molecule has 1 aliphatic heterocycles. The minimum Gasteiger partial charge on any atom is -0.442 e. The molecule has 1 aromatic carbocycles. The Morgan fingerprint density at radius 3 is 2.73 bits per heavy atom. The molecule has 1 aromatic rings. The van der Waals surface area contributed by atoms with Gasteiger partial charge in [0, 0.05) is 13.3 Å². The van der Waals surface area contributed by atoms with E-state index in [1.807, 2.05) is 0 Å². The van der Waals surface area contributed by atoms with Crippen molar-refractivity contribution >= 4 is 23.5 Å². The lowest BCUT2D eigenvalue weighted by Crippen LogP contribution is -2.33. The third-order valence-electron chi connectivity index (χ3n) is 3.24. The summed E-state index contributed by atoms with van der Waals surface area (Å²) >= 11 is 0. The first-order valence-electron chi connectivity index (χ1n) is 6.87. The number of benzene rings is 1. The first-order chi connectivity index (χ1) is 10.4. The van der Waals surface area contributed by atoms with Gasteiger partial charge in [0.05, 0.1) is 18.8 Å². The van der Waals surface area contributed by atoms with E-state index in [2.05, 4.69) is 5.32 Å². The molecular formula is C15H17FN2O4. The summed E-state index contributed by atoms with van der Waals surface area (Å²) in [7, 11) is 0. The number of rotatable bonds is 5. The minimum atomic E-state index is -0.589. The Balaban J connectivity index is 2.08. The van der Waals surface area contributed by atoms with Crippen molar-refractivity contribution in [2.24, 2.45) is 0 Å². The first-order valence-corrected chi connectivity index (χ1v) is 6.87. The third-order valence-corrected chi connectivity index (χ3v) is 3.24. The monoisotopic (exact) mass is 308 g/mol. The van der Waals surface area contributed by atoms with Gasteiger partial charge in [-0.2, -0.15) is 0 Å². The summed E-state index contributed by atoms with van der Waals surface area (Å²) in [5.41, 5.74) is 0.652. The number of nitrogens with one attached hydrogen (secondary N) is 1. The maximum atomic E-state index is 14.0. The van der Waals surface area contributed by atoms with Crippen molar-refractivity contribution in [1.29, 1.82) is 0 Å². The zero-order valence-corrected chi connectivity index (χ0v) is 12.4. The summed E-state index contributed by atoms with van der Waals surface area (Å²) in [6.07, 6.45) is -1.05. The van der Waals surface area contributed by atoms with Gasteiger partial charge < -0.3 is 10.1 Å². The molecule has 1 N–H and O–H groups in total. The Morgan fingerprint density at radius 1 is 1.41 bits per heavy atom. The number of ether oxygens (including phenoxy) is 1. The van der Waals surface area contributed by atoms with Gasteiger partial charge in [-0.25, -0.2) is 9.18 Å². The van der Waals surface area contributed by atoms with E-state index in [1.165, 1.54) is 30.9 Å². The number of carbonyl (C=O) groups is 3. The van der Waals surface area contributed by atoms with Crippen LogP contribution in [0.1, 0.15) is 19.4 Å². The molecule has 118 valence electrons. The van der Waals surface area contributed by atoms with Crippen LogP contribution < -0.4 is 10.2 Å². The largest absolute Gasteiger partial charge is 0.442 e. The lowest BCUT2D eigenvalue weighted by Gasteiger charge is -2.14. The number of carbonyl (C=O) groups excluding carboxylic acids is 3. The van der Waals surface area contributed by atoms with Gasteiger partial charge >= 0.3 is 6.09 Å². The van der Waals surface area contributed by atoms with Crippen molar-refractivity contribution in [3.8, 4) is 0 Å². The summed E-state index contributed by atoms with van der Waals surface area (Å²) in [5, 5.41) is 2.57. The van der Waals surface area contributed by atoms with Crippen LogP contribution in [0.4, 0.5) is 14.9 Å². The van der Waals surface area contributed by atoms with Gasteiger partial charge in [-0.15, -0.1) is 0 Å². The molecule has 1 atom stereocenters. The van der Waals surface area contributed by atoms with Gasteiger partial charge in [0.15, 0.2) is 0 Å². The topological polar surface area (TPSA) is 75.7 Å².